The quantitative estimate of drug-likeness (QED) is 0.739. The van der Waals surface area contributed by atoms with Crippen LogP contribution in [0.5, 0.6) is 0 Å². The smallest absolute Gasteiger partial charge is 0.243 e. The van der Waals surface area contributed by atoms with Crippen molar-refractivity contribution in [2.45, 2.75) is 16.7 Å². The molecule has 0 spiro atoms. The van der Waals surface area contributed by atoms with E-state index < -0.39 is 20.0 Å². The van der Waals surface area contributed by atoms with Crippen molar-refractivity contribution in [3.05, 3.63) is 53.6 Å². The van der Waals surface area contributed by atoms with Gasteiger partial charge in [0.1, 0.15) is 0 Å². The second-order valence-corrected chi connectivity index (χ2v) is 10.8. The topological polar surface area (TPSA) is 104 Å². The summed E-state index contributed by atoms with van der Waals surface area (Å²) in [6, 6.07) is 11.7. The highest BCUT2D eigenvalue weighted by atomic mass is 35.5. The number of nitrogens with one attached hydrogen (secondary N) is 1. The lowest BCUT2D eigenvalue weighted by Gasteiger charge is -2.33. The highest BCUT2D eigenvalue weighted by Gasteiger charge is 2.33. The van der Waals surface area contributed by atoms with E-state index in [4.69, 9.17) is 11.6 Å². The molecule has 1 fully saturated rings. The van der Waals surface area contributed by atoms with Gasteiger partial charge in [0.25, 0.3) is 0 Å². The number of sulfonamides is 2. The summed E-state index contributed by atoms with van der Waals surface area (Å²) in [5.41, 5.74) is 0.496. The van der Waals surface area contributed by atoms with Crippen LogP contribution in [0.15, 0.2) is 58.3 Å². The van der Waals surface area contributed by atoms with E-state index in [1.165, 1.54) is 64.1 Å². The van der Waals surface area contributed by atoms with Crippen molar-refractivity contribution >= 4 is 43.2 Å². The van der Waals surface area contributed by atoms with Crippen LogP contribution in [0.25, 0.3) is 0 Å². The monoisotopic (exact) mass is 457 g/mol. The third-order valence-corrected chi connectivity index (χ3v) is 8.54. The van der Waals surface area contributed by atoms with E-state index in [1.807, 2.05) is 0 Å². The molecule has 156 valence electrons. The Morgan fingerprint density at radius 1 is 0.793 bits per heavy atom. The van der Waals surface area contributed by atoms with Gasteiger partial charge in [0.2, 0.25) is 26.0 Å². The minimum absolute atomic E-state index is 0.0442. The molecule has 8 nitrogen and oxygen atoms in total. The van der Waals surface area contributed by atoms with Crippen LogP contribution >= 0.6 is 11.6 Å². The second-order valence-electron chi connectivity index (χ2n) is 6.47. The van der Waals surface area contributed by atoms with E-state index in [2.05, 4.69) is 5.32 Å². The van der Waals surface area contributed by atoms with Crippen molar-refractivity contribution < 1.29 is 21.6 Å². The first-order chi connectivity index (χ1) is 13.6. The van der Waals surface area contributed by atoms with E-state index in [0.717, 1.165) is 0 Å². The molecule has 0 radical (unpaired) electrons. The number of benzene rings is 2. The van der Waals surface area contributed by atoms with Crippen LogP contribution in [0.3, 0.4) is 0 Å². The average molecular weight is 458 g/mol. The van der Waals surface area contributed by atoms with E-state index >= 15 is 0 Å². The van der Waals surface area contributed by atoms with Gasteiger partial charge in [-0.1, -0.05) is 11.6 Å². The summed E-state index contributed by atoms with van der Waals surface area (Å²) in [5.74, 6) is -0.251. The number of carbonyl (C=O) groups excluding carboxylic acids is 1. The molecule has 2 aromatic rings. The van der Waals surface area contributed by atoms with Crippen molar-refractivity contribution in [2.24, 2.45) is 0 Å². The molecule has 1 heterocycles. The zero-order valence-electron chi connectivity index (χ0n) is 15.6. The molecule has 1 N–H and O–H groups in total. The van der Waals surface area contributed by atoms with Crippen molar-refractivity contribution in [3.8, 4) is 0 Å². The van der Waals surface area contributed by atoms with E-state index in [0.29, 0.717) is 10.7 Å². The van der Waals surface area contributed by atoms with Crippen LogP contribution in [0.1, 0.15) is 6.92 Å². The average Bonchev–Trinajstić information content (AvgIpc) is 2.68. The fraction of sp³-hybridized carbons (Fsp3) is 0.278. The van der Waals surface area contributed by atoms with Gasteiger partial charge in [-0.05, 0) is 48.5 Å². The minimum atomic E-state index is -3.76. The van der Waals surface area contributed by atoms with Gasteiger partial charge in [0, 0.05) is 43.8 Å². The fourth-order valence-electron chi connectivity index (χ4n) is 2.97. The van der Waals surface area contributed by atoms with Gasteiger partial charge >= 0.3 is 0 Å². The molecule has 1 amide bonds. The van der Waals surface area contributed by atoms with Crippen molar-refractivity contribution in [1.29, 1.82) is 0 Å². The maximum absolute atomic E-state index is 12.8. The molecular weight excluding hydrogens is 438 g/mol. The second kappa shape index (κ2) is 8.41. The van der Waals surface area contributed by atoms with Crippen LogP contribution in [0, 0.1) is 0 Å². The third kappa shape index (κ3) is 4.78. The number of anilines is 1. The lowest BCUT2D eigenvalue weighted by Crippen LogP contribution is -2.50. The maximum atomic E-state index is 12.8. The molecule has 0 atom stereocenters. The normalized spacial score (nSPS) is 16.5. The van der Waals surface area contributed by atoms with Crippen molar-refractivity contribution in [2.75, 3.05) is 31.5 Å². The number of hydrogen-bond acceptors (Lipinski definition) is 5. The van der Waals surface area contributed by atoms with Gasteiger partial charge in [-0.3, -0.25) is 4.79 Å². The number of rotatable bonds is 5. The summed E-state index contributed by atoms with van der Waals surface area (Å²) in [6.45, 7) is 1.55. The van der Waals surface area contributed by atoms with Crippen LogP contribution in [-0.2, 0) is 24.8 Å². The molecule has 2 aromatic carbocycles. The third-order valence-electron chi connectivity index (χ3n) is 4.46. The minimum Gasteiger partial charge on any atom is -0.326 e. The summed E-state index contributed by atoms with van der Waals surface area (Å²) in [4.78, 5) is 11.3. The number of hydrogen-bond donors (Lipinski definition) is 1. The van der Waals surface area contributed by atoms with Gasteiger partial charge in [0.05, 0.1) is 9.79 Å². The Labute approximate surface area is 175 Å². The predicted molar refractivity (Wildman–Crippen MR) is 110 cm³/mol. The molecule has 0 bridgehead atoms. The van der Waals surface area contributed by atoms with E-state index in [1.54, 1.807) is 0 Å². The van der Waals surface area contributed by atoms with Gasteiger partial charge in [-0.25, -0.2) is 16.8 Å². The molecule has 11 heteroatoms. The number of nitrogens with zero attached hydrogens (tertiary/aromatic N) is 2. The number of piperazine rings is 1. The van der Waals surface area contributed by atoms with Crippen molar-refractivity contribution in [3.63, 3.8) is 0 Å². The first kappa shape index (κ1) is 21.7. The van der Waals surface area contributed by atoms with Crippen LogP contribution in [0.4, 0.5) is 5.69 Å². The summed E-state index contributed by atoms with van der Waals surface area (Å²) >= 11 is 5.81. The Morgan fingerprint density at radius 2 is 1.17 bits per heavy atom. The van der Waals surface area contributed by atoms with Crippen molar-refractivity contribution in [1.82, 2.24) is 8.61 Å². The SMILES string of the molecule is CC(=O)Nc1ccc(S(=O)(=O)N2CCN(S(=O)(=O)c3ccc(Cl)cc3)CC2)cc1. The molecule has 1 aliphatic heterocycles. The molecular formula is C18H20ClN3O5S2. The predicted octanol–water partition coefficient (Wildman–Crippen LogP) is 1.99. The summed E-state index contributed by atoms with van der Waals surface area (Å²) in [5, 5.41) is 3.01. The van der Waals surface area contributed by atoms with Gasteiger partial charge < -0.3 is 5.32 Å². The molecule has 0 saturated carbocycles. The Hall–Kier alpha value is -1.98. The summed E-state index contributed by atoms with van der Waals surface area (Å²) in [7, 11) is -7.48. The zero-order chi connectivity index (χ0) is 21.2. The molecule has 0 aliphatic carbocycles. The number of amides is 1. The molecule has 3 rings (SSSR count). The summed E-state index contributed by atoms with van der Waals surface area (Å²) in [6.07, 6.45) is 0. The molecule has 1 aliphatic rings. The standard InChI is InChI=1S/C18H20ClN3O5S2/c1-14(23)20-16-4-8-18(9-5-16)29(26,27)22-12-10-21(11-13-22)28(24,25)17-6-2-15(19)3-7-17/h2-9H,10-13H2,1H3,(H,20,23). The Morgan fingerprint density at radius 3 is 1.55 bits per heavy atom. The molecule has 0 unspecified atom stereocenters. The lowest BCUT2D eigenvalue weighted by molar-refractivity contribution is -0.114. The lowest BCUT2D eigenvalue weighted by atomic mass is 10.3. The molecule has 1 saturated heterocycles. The van der Waals surface area contributed by atoms with Crippen LogP contribution in [-0.4, -0.2) is 57.5 Å². The number of carbonyl (C=O) groups is 1. The highest BCUT2D eigenvalue weighted by molar-refractivity contribution is 7.89. The highest BCUT2D eigenvalue weighted by Crippen LogP contribution is 2.23. The zero-order valence-corrected chi connectivity index (χ0v) is 18.0. The van der Waals surface area contributed by atoms with Crippen LogP contribution in [0.2, 0.25) is 5.02 Å². The van der Waals surface area contributed by atoms with Crippen LogP contribution < -0.4 is 5.32 Å². The Balaban J connectivity index is 1.71. The largest absolute Gasteiger partial charge is 0.326 e. The Kier molecular flexibility index (Phi) is 6.30. The molecule has 29 heavy (non-hydrogen) atoms. The van der Waals surface area contributed by atoms with Gasteiger partial charge in [-0.2, -0.15) is 8.61 Å². The summed E-state index contributed by atoms with van der Waals surface area (Å²) < 4.78 is 53.7. The first-order valence-corrected chi connectivity index (χ1v) is 12.0. The van der Waals surface area contributed by atoms with E-state index in [9.17, 15) is 21.6 Å². The van der Waals surface area contributed by atoms with Gasteiger partial charge in [0.15, 0.2) is 0 Å². The molecule has 0 aromatic heterocycles. The maximum Gasteiger partial charge on any atom is 0.243 e. The fourth-order valence-corrected chi connectivity index (χ4v) is 5.94. The Bertz CT molecular complexity index is 1090. The first-order valence-electron chi connectivity index (χ1n) is 8.74. The van der Waals surface area contributed by atoms with E-state index in [-0.39, 0.29) is 41.9 Å². The number of halogens is 1. The van der Waals surface area contributed by atoms with Gasteiger partial charge in [-0.15, -0.1) is 0 Å².